The molecule has 1 saturated carbocycles. The fraction of sp³-hybridized carbons (Fsp3) is 0.208. The van der Waals surface area contributed by atoms with Crippen LogP contribution in [0.25, 0.3) is 11.3 Å². The quantitative estimate of drug-likeness (QED) is 0.651. The smallest absolute Gasteiger partial charge is 0.257 e. The van der Waals surface area contributed by atoms with E-state index in [0.717, 1.165) is 18.4 Å². The molecule has 1 aromatic heterocycles. The van der Waals surface area contributed by atoms with Crippen molar-refractivity contribution in [1.82, 2.24) is 10.3 Å². The Morgan fingerprint density at radius 3 is 2.33 bits per heavy atom. The van der Waals surface area contributed by atoms with Gasteiger partial charge in [0.15, 0.2) is 0 Å². The van der Waals surface area contributed by atoms with Crippen LogP contribution in [-0.4, -0.2) is 22.8 Å². The predicted octanol–water partition coefficient (Wildman–Crippen LogP) is 4.65. The van der Waals surface area contributed by atoms with Crippen molar-refractivity contribution in [3.8, 4) is 11.3 Å². The van der Waals surface area contributed by atoms with Gasteiger partial charge in [-0.05, 0) is 68.7 Å². The molecule has 0 bridgehead atoms. The Balaban J connectivity index is 1.55. The van der Waals surface area contributed by atoms with Crippen LogP contribution >= 0.6 is 0 Å². The fourth-order valence-electron chi connectivity index (χ4n) is 3.10. The molecule has 5 nitrogen and oxygen atoms in total. The maximum atomic E-state index is 14.4. The minimum absolute atomic E-state index is 0.190. The van der Waals surface area contributed by atoms with Crippen LogP contribution in [-0.2, 0) is 0 Å². The van der Waals surface area contributed by atoms with Crippen LogP contribution in [0.1, 0.15) is 44.7 Å². The molecule has 1 heterocycles. The molecule has 0 aliphatic heterocycles. The van der Waals surface area contributed by atoms with Gasteiger partial charge in [-0.1, -0.05) is 17.7 Å². The Bertz CT molecular complexity index is 1100. The second kappa shape index (κ2) is 8.06. The summed E-state index contributed by atoms with van der Waals surface area (Å²) >= 11 is 0. The molecule has 2 aromatic carbocycles. The molecule has 0 radical (unpaired) electrons. The first-order valence-electron chi connectivity index (χ1n) is 9.86. The number of carbonyl (C=O) groups is 2. The highest BCUT2D eigenvalue weighted by molar-refractivity contribution is 6.04. The van der Waals surface area contributed by atoms with Gasteiger partial charge >= 0.3 is 0 Å². The van der Waals surface area contributed by atoms with Crippen LogP contribution in [0, 0.1) is 19.7 Å². The van der Waals surface area contributed by atoms with Crippen molar-refractivity contribution in [3.63, 3.8) is 0 Å². The van der Waals surface area contributed by atoms with Crippen molar-refractivity contribution in [3.05, 3.63) is 82.8 Å². The van der Waals surface area contributed by atoms with Crippen molar-refractivity contribution in [2.24, 2.45) is 0 Å². The number of hydrogen-bond donors (Lipinski definition) is 2. The van der Waals surface area contributed by atoms with E-state index in [-0.39, 0.29) is 23.4 Å². The summed E-state index contributed by atoms with van der Waals surface area (Å²) in [5.41, 5.74) is 3.89. The van der Waals surface area contributed by atoms with Crippen molar-refractivity contribution in [2.45, 2.75) is 32.7 Å². The zero-order valence-corrected chi connectivity index (χ0v) is 16.8. The number of aromatic nitrogens is 1. The second-order valence-electron chi connectivity index (χ2n) is 7.63. The van der Waals surface area contributed by atoms with Crippen molar-refractivity contribution in [1.29, 1.82) is 0 Å². The van der Waals surface area contributed by atoms with E-state index in [1.807, 2.05) is 31.2 Å². The van der Waals surface area contributed by atoms with Crippen LogP contribution in [0.5, 0.6) is 0 Å². The summed E-state index contributed by atoms with van der Waals surface area (Å²) in [7, 11) is 0. The molecule has 30 heavy (non-hydrogen) atoms. The number of aryl methyl sites for hydroxylation is 1. The van der Waals surface area contributed by atoms with Crippen LogP contribution in [0.3, 0.4) is 0 Å². The lowest BCUT2D eigenvalue weighted by molar-refractivity contribution is 0.0949. The van der Waals surface area contributed by atoms with Gasteiger partial charge in [0.05, 0.1) is 11.3 Å². The van der Waals surface area contributed by atoms with E-state index in [2.05, 4.69) is 15.6 Å². The molecule has 1 aliphatic rings. The van der Waals surface area contributed by atoms with Crippen molar-refractivity contribution >= 4 is 17.5 Å². The Kier molecular flexibility index (Phi) is 5.31. The maximum absolute atomic E-state index is 14.4. The van der Waals surface area contributed by atoms with E-state index in [1.165, 1.54) is 12.3 Å². The maximum Gasteiger partial charge on any atom is 0.257 e. The molecule has 4 rings (SSSR count). The van der Waals surface area contributed by atoms with Crippen molar-refractivity contribution < 1.29 is 14.0 Å². The zero-order chi connectivity index (χ0) is 21.3. The number of halogens is 1. The van der Waals surface area contributed by atoms with Gasteiger partial charge in [0, 0.05) is 29.1 Å². The van der Waals surface area contributed by atoms with E-state index < -0.39 is 5.82 Å². The largest absolute Gasteiger partial charge is 0.349 e. The lowest BCUT2D eigenvalue weighted by Crippen LogP contribution is -2.25. The summed E-state index contributed by atoms with van der Waals surface area (Å²) in [6.07, 6.45) is 3.37. The molecular weight excluding hydrogens is 381 g/mol. The van der Waals surface area contributed by atoms with Crippen LogP contribution in [0.2, 0.25) is 0 Å². The number of rotatable bonds is 5. The fourth-order valence-corrected chi connectivity index (χ4v) is 3.10. The summed E-state index contributed by atoms with van der Waals surface area (Å²) in [4.78, 5) is 29.1. The Morgan fingerprint density at radius 1 is 0.967 bits per heavy atom. The molecule has 3 aromatic rings. The summed E-state index contributed by atoms with van der Waals surface area (Å²) in [5, 5.41) is 5.69. The highest BCUT2D eigenvalue weighted by Crippen LogP contribution is 2.27. The number of carbonyl (C=O) groups excluding carboxylic acids is 2. The summed E-state index contributed by atoms with van der Waals surface area (Å²) in [5.74, 6) is -1.03. The normalized spacial score (nSPS) is 13.0. The van der Waals surface area contributed by atoms with Gasteiger partial charge < -0.3 is 10.6 Å². The van der Waals surface area contributed by atoms with Gasteiger partial charge in [0.2, 0.25) is 0 Å². The van der Waals surface area contributed by atoms with E-state index in [4.69, 9.17) is 0 Å². The minimum atomic E-state index is -0.462. The van der Waals surface area contributed by atoms with E-state index >= 15 is 0 Å². The lowest BCUT2D eigenvalue weighted by Gasteiger charge is -2.11. The number of anilines is 1. The molecule has 1 aliphatic carbocycles. The number of nitrogens with zero attached hydrogens (tertiary/aromatic N) is 1. The summed E-state index contributed by atoms with van der Waals surface area (Å²) in [6, 6.07) is 13.9. The number of benzene rings is 2. The first-order chi connectivity index (χ1) is 14.4. The van der Waals surface area contributed by atoms with E-state index in [1.54, 1.807) is 25.1 Å². The molecule has 1 fully saturated rings. The van der Waals surface area contributed by atoms with Gasteiger partial charge in [-0.25, -0.2) is 4.39 Å². The highest BCUT2D eigenvalue weighted by Gasteiger charge is 2.24. The number of pyridine rings is 1. The molecule has 2 amide bonds. The molecule has 0 unspecified atom stereocenters. The minimum Gasteiger partial charge on any atom is -0.349 e. The van der Waals surface area contributed by atoms with Crippen LogP contribution in [0.4, 0.5) is 10.1 Å². The molecular formula is C24H22FN3O2. The number of hydrogen-bond acceptors (Lipinski definition) is 3. The van der Waals surface area contributed by atoms with Crippen LogP contribution < -0.4 is 10.6 Å². The highest BCUT2D eigenvalue weighted by atomic mass is 19.1. The molecule has 0 atom stereocenters. The average Bonchev–Trinajstić information content (AvgIpc) is 3.55. The topological polar surface area (TPSA) is 71.1 Å². The monoisotopic (exact) mass is 403 g/mol. The SMILES string of the molecule is Cc1ccc(NC(=O)c2ccc(-c3cc(C(=O)NC4CC4)cc(F)c3C)nc2)cc1. The first kappa shape index (κ1) is 19.8. The van der Waals surface area contributed by atoms with E-state index in [9.17, 15) is 14.0 Å². The second-order valence-corrected chi connectivity index (χ2v) is 7.63. The zero-order valence-electron chi connectivity index (χ0n) is 16.8. The summed E-state index contributed by atoms with van der Waals surface area (Å²) in [6.45, 7) is 3.62. The standard InChI is InChI=1S/C24H22FN3O2/c1-14-3-6-18(7-4-14)27-23(29)16-5-10-22(26-13-16)20-11-17(12-21(25)15(20)2)24(30)28-19-8-9-19/h3-7,10-13,19H,8-9H2,1-2H3,(H,27,29)(H,28,30). The third-order valence-electron chi connectivity index (χ3n) is 5.13. The Hall–Kier alpha value is -3.54. The first-order valence-corrected chi connectivity index (χ1v) is 9.86. The van der Waals surface area contributed by atoms with Gasteiger partial charge in [-0.2, -0.15) is 0 Å². The van der Waals surface area contributed by atoms with Gasteiger partial charge in [-0.3, -0.25) is 14.6 Å². The number of nitrogens with one attached hydrogen (secondary N) is 2. The predicted molar refractivity (Wildman–Crippen MR) is 114 cm³/mol. The number of amides is 2. The molecule has 6 heteroatoms. The van der Waals surface area contributed by atoms with Gasteiger partial charge in [0.1, 0.15) is 5.82 Å². The molecule has 152 valence electrons. The van der Waals surface area contributed by atoms with E-state index in [0.29, 0.717) is 28.1 Å². The lowest BCUT2D eigenvalue weighted by atomic mass is 10.00. The third kappa shape index (κ3) is 4.38. The molecule has 0 spiro atoms. The summed E-state index contributed by atoms with van der Waals surface area (Å²) < 4.78 is 14.4. The van der Waals surface area contributed by atoms with Gasteiger partial charge in [-0.15, -0.1) is 0 Å². The van der Waals surface area contributed by atoms with Crippen LogP contribution in [0.15, 0.2) is 54.7 Å². The molecule has 0 saturated heterocycles. The molecule has 2 N–H and O–H groups in total. The Labute approximate surface area is 174 Å². The van der Waals surface area contributed by atoms with Gasteiger partial charge in [0.25, 0.3) is 11.8 Å². The van der Waals surface area contributed by atoms with Crippen molar-refractivity contribution in [2.75, 3.05) is 5.32 Å². The average molecular weight is 403 g/mol. The third-order valence-corrected chi connectivity index (χ3v) is 5.13. The Morgan fingerprint density at radius 2 is 1.70 bits per heavy atom.